The van der Waals surface area contributed by atoms with E-state index in [1.54, 1.807) is 0 Å². The molecule has 0 radical (unpaired) electrons. The maximum Gasteiger partial charge on any atom is 0.351 e. The summed E-state index contributed by atoms with van der Waals surface area (Å²) in [4.78, 5) is 21.4. The highest BCUT2D eigenvalue weighted by atomic mass is 16.7. The summed E-state index contributed by atoms with van der Waals surface area (Å²) in [6.07, 6.45) is 0.990. The summed E-state index contributed by atoms with van der Waals surface area (Å²) in [5, 5.41) is 0. The van der Waals surface area contributed by atoms with Gasteiger partial charge >= 0.3 is 11.9 Å². The van der Waals surface area contributed by atoms with Crippen LogP contribution in [0.25, 0.3) is 0 Å². The van der Waals surface area contributed by atoms with Gasteiger partial charge in [0.1, 0.15) is 6.26 Å². The second-order valence-electron chi connectivity index (χ2n) is 1.75. The Morgan fingerprint density at radius 1 is 1.36 bits per heavy atom. The van der Waals surface area contributed by atoms with Crippen molar-refractivity contribution in [1.82, 2.24) is 0 Å². The number of cyclic esters (lactones) is 2. The van der Waals surface area contributed by atoms with Crippen LogP contribution in [0.1, 0.15) is 0 Å². The van der Waals surface area contributed by atoms with Crippen molar-refractivity contribution in [3.63, 3.8) is 0 Å². The lowest BCUT2D eigenvalue weighted by molar-refractivity contribution is -0.172. The van der Waals surface area contributed by atoms with Gasteiger partial charge < -0.3 is 14.2 Å². The van der Waals surface area contributed by atoms with Crippen molar-refractivity contribution in [1.29, 1.82) is 0 Å². The van der Waals surface area contributed by atoms with Gasteiger partial charge in [-0.25, -0.2) is 9.59 Å². The Balaban J connectivity index is 2.79. The van der Waals surface area contributed by atoms with E-state index in [-0.39, 0.29) is 12.4 Å². The van der Waals surface area contributed by atoms with Crippen LogP contribution in [-0.2, 0) is 23.8 Å². The molecule has 1 rings (SSSR count). The number of carbonyl (C=O) groups excluding carboxylic acids is 2. The zero-order valence-corrected chi connectivity index (χ0v) is 5.83. The van der Waals surface area contributed by atoms with E-state index in [1.165, 1.54) is 7.11 Å². The first-order chi connectivity index (χ1) is 5.25. The number of rotatable bonds is 1. The quantitative estimate of drug-likeness (QED) is 0.224. The predicted octanol–water partition coefficient (Wildman–Crippen LogP) is -0.426. The lowest BCUT2D eigenvalue weighted by atomic mass is 10.3. The van der Waals surface area contributed by atoms with Gasteiger partial charge in [0.25, 0.3) is 0 Å². The Morgan fingerprint density at radius 3 is 2.36 bits per heavy atom. The van der Waals surface area contributed by atoms with Crippen LogP contribution >= 0.6 is 0 Å². The summed E-state index contributed by atoms with van der Waals surface area (Å²) in [6, 6.07) is 0. The molecule has 5 heteroatoms. The maximum atomic E-state index is 10.7. The van der Waals surface area contributed by atoms with E-state index in [4.69, 9.17) is 0 Å². The highest BCUT2D eigenvalue weighted by Gasteiger charge is 2.26. The molecule has 0 bridgehead atoms. The second kappa shape index (κ2) is 3.05. The molecular formula is C6H6O5. The lowest BCUT2D eigenvalue weighted by Crippen LogP contribution is -2.26. The van der Waals surface area contributed by atoms with E-state index < -0.39 is 11.9 Å². The van der Waals surface area contributed by atoms with Crippen LogP contribution in [0.4, 0.5) is 0 Å². The largest absolute Gasteiger partial charge is 0.503 e. The Morgan fingerprint density at radius 2 is 1.91 bits per heavy atom. The summed E-state index contributed by atoms with van der Waals surface area (Å²) in [5.41, 5.74) is -0.223. The SMILES string of the molecule is COC=C1C(=O)OCOC1=O. The van der Waals surface area contributed by atoms with E-state index in [0.29, 0.717) is 0 Å². The molecule has 1 saturated heterocycles. The molecule has 1 heterocycles. The number of esters is 2. The molecule has 1 aliphatic rings. The Labute approximate surface area is 62.5 Å². The monoisotopic (exact) mass is 158 g/mol. The van der Waals surface area contributed by atoms with Gasteiger partial charge in [0, 0.05) is 0 Å². The van der Waals surface area contributed by atoms with Gasteiger partial charge in [-0.1, -0.05) is 0 Å². The normalized spacial score (nSPS) is 17.0. The zero-order chi connectivity index (χ0) is 8.27. The number of hydrogen-bond donors (Lipinski definition) is 0. The molecule has 0 unspecified atom stereocenters. The van der Waals surface area contributed by atoms with Gasteiger partial charge in [0.05, 0.1) is 7.11 Å². The Bertz CT molecular complexity index is 199. The van der Waals surface area contributed by atoms with Crippen LogP contribution in [0, 0.1) is 0 Å². The molecule has 0 aromatic rings. The van der Waals surface area contributed by atoms with Crippen LogP contribution < -0.4 is 0 Å². The highest BCUT2D eigenvalue weighted by molar-refractivity contribution is 6.14. The van der Waals surface area contributed by atoms with E-state index in [1.807, 2.05) is 0 Å². The van der Waals surface area contributed by atoms with Crippen LogP contribution in [0.2, 0.25) is 0 Å². The van der Waals surface area contributed by atoms with Crippen molar-refractivity contribution < 1.29 is 23.8 Å². The maximum absolute atomic E-state index is 10.7. The third kappa shape index (κ3) is 1.49. The first-order valence-corrected chi connectivity index (χ1v) is 2.83. The fourth-order valence-electron chi connectivity index (χ4n) is 0.589. The van der Waals surface area contributed by atoms with Crippen molar-refractivity contribution in [2.75, 3.05) is 13.9 Å². The van der Waals surface area contributed by atoms with Crippen LogP contribution in [-0.4, -0.2) is 25.8 Å². The van der Waals surface area contributed by atoms with Crippen molar-refractivity contribution in [2.45, 2.75) is 0 Å². The molecule has 0 atom stereocenters. The number of methoxy groups -OCH3 is 1. The minimum absolute atomic E-state index is 0.223. The smallest absolute Gasteiger partial charge is 0.351 e. The topological polar surface area (TPSA) is 61.8 Å². The standard InChI is InChI=1S/C6H6O5/c1-9-2-4-5(7)10-3-11-6(4)8/h2H,3H2,1H3. The minimum atomic E-state index is -0.719. The summed E-state index contributed by atoms with van der Waals surface area (Å²) in [6.45, 7) is -0.321. The van der Waals surface area contributed by atoms with Gasteiger partial charge in [0.2, 0.25) is 6.79 Å². The first-order valence-electron chi connectivity index (χ1n) is 2.83. The molecule has 0 saturated carbocycles. The zero-order valence-electron chi connectivity index (χ0n) is 5.83. The Kier molecular flexibility index (Phi) is 2.10. The minimum Gasteiger partial charge on any atom is -0.503 e. The molecule has 5 nitrogen and oxygen atoms in total. The van der Waals surface area contributed by atoms with Crippen molar-refractivity contribution >= 4 is 11.9 Å². The molecular weight excluding hydrogens is 152 g/mol. The number of hydrogen-bond acceptors (Lipinski definition) is 5. The molecule has 0 aromatic heterocycles. The first kappa shape index (κ1) is 7.59. The Hall–Kier alpha value is -1.52. The van der Waals surface area contributed by atoms with Gasteiger partial charge in [0.15, 0.2) is 5.57 Å². The number of ether oxygens (including phenoxy) is 3. The highest BCUT2D eigenvalue weighted by Crippen LogP contribution is 2.07. The summed E-state index contributed by atoms with van der Waals surface area (Å²) >= 11 is 0. The molecule has 0 aliphatic carbocycles. The molecule has 0 amide bonds. The molecule has 0 aromatic carbocycles. The lowest BCUT2D eigenvalue weighted by Gasteiger charge is -2.12. The third-order valence-corrected chi connectivity index (χ3v) is 1.06. The molecule has 60 valence electrons. The van der Waals surface area contributed by atoms with Gasteiger partial charge in [-0.15, -0.1) is 0 Å². The second-order valence-corrected chi connectivity index (χ2v) is 1.75. The van der Waals surface area contributed by atoms with E-state index in [9.17, 15) is 9.59 Å². The van der Waals surface area contributed by atoms with E-state index in [0.717, 1.165) is 6.26 Å². The van der Waals surface area contributed by atoms with Gasteiger partial charge in [-0.2, -0.15) is 0 Å². The molecule has 0 N–H and O–H groups in total. The molecule has 1 fully saturated rings. The van der Waals surface area contributed by atoms with Crippen LogP contribution in [0.3, 0.4) is 0 Å². The predicted molar refractivity (Wildman–Crippen MR) is 32.1 cm³/mol. The summed E-state index contributed by atoms with van der Waals surface area (Å²) in [5.74, 6) is -1.44. The molecule has 11 heavy (non-hydrogen) atoms. The number of carbonyl (C=O) groups is 2. The van der Waals surface area contributed by atoms with Gasteiger partial charge in [-0.05, 0) is 0 Å². The van der Waals surface area contributed by atoms with E-state index in [2.05, 4.69) is 14.2 Å². The average Bonchev–Trinajstić information content (AvgIpc) is 1.97. The molecule has 1 aliphatic heterocycles. The fraction of sp³-hybridized carbons (Fsp3) is 0.333. The van der Waals surface area contributed by atoms with Crippen molar-refractivity contribution in [3.8, 4) is 0 Å². The fourth-order valence-corrected chi connectivity index (χ4v) is 0.589. The van der Waals surface area contributed by atoms with E-state index >= 15 is 0 Å². The van der Waals surface area contributed by atoms with Crippen molar-refractivity contribution in [2.24, 2.45) is 0 Å². The molecule has 0 spiro atoms. The van der Waals surface area contributed by atoms with Crippen molar-refractivity contribution in [3.05, 3.63) is 11.8 Å². The summed E-state index contributed by atoms with van der Waals surface area (Å²) < 4.78 is 13.2. The van der Waals surface area contributed by atoms with Crippen LogP contribution in [0.5, 0.6) is 0 Å². The van der Waals surface area contributed by atoms with Crippen LogP contribution in [0.15, 0.2) is 11.8 Å². The van der Waals surface area contributed by atoms with Gasteiger partial charge in [-0.3, -0.25) is 0 Å². The average molecular weight is 158 g/mol. The third-order valence-electron chi connectivity index (χ3n) is 1.06. The summed E-state index contributed by atoms with van der Waals surface area (Å²) in [7, 11) is 1.32.